The van der Waals surface area contributed by atoms with Crippen LogP contribution >= 0.6 is 0 Å². The van der Waals surface area contributed by atoms with Crippen molar-refractivity contribution in [3.05, 3.63) is 24.0 Å². The Morgan fingerprint density at radius 1 is 1.44 bits per heavy atom. The second kappa shape index (κ2) is 6.64. The highest BCUT2D eigenvalue weighted by Gasteiger charge is 2.11. The fourth-order valence-electron chi connectivity index (χ4n) is 0.786. The second-order valence-electron chi connectivity index (χ2n) is 2.72. The van der Waals surface area contributed by atoms with Crippen LogP contribution in [-0.2, 0) is 15.2 Å². The van der Waals surface area contributed by atoms with Gasteiger partial charge in [0.1, 0.15) is 11.3 Å². The van der Waals surface area contributed by atoms with Crippen molar-refractivity contribution in [2.24, 2.45) is 0 Å². The molecule has 0 aliphatic heterocycles. The summed E-state index contributed by atoms with van der Waals surface area (Å²) in [5.41, 5.74) is -0.127. The van der Waals surface area contributed by atoms with Crippen LogP contribution in [0.25, 0.3) is 0 Å². The number of aromatic carboxylic acids is 1. The first-order valence-electron chi connectivity index (χ1n) is 4.17. The van der Waals surface area contributed by atoms with Gasteiger partial charge in [0.15, 0.2) is 0 Å². The monoisotopic (exact) mass is 281 g/mol. The predicted molar refractivity (Wildman–Crippen MR) is 56.7 cm³/mol. The number of carbonyl (C=O) groups is 2. The minimum Gasteiger partial charge on any atom is -0.477 e. The van der Waals surface area contributed by atoms with E-state index in [0.717, 1.165) is 6.20 Å². The number of carboxylic acids is 1. The molecule has 0 radical (unpaired) electrons. The molecule has 1 aromatic heterocycles. The molecule has 0 amide bonds. The van der Waals surface area contributed by atoms with Gasteiger partial charge in [-0.15, -0.1) is 0 Å². The van der Waals surface area contributed by atoms with Gasteiger partial charge in [-0.3, -0.25) is 18.9 Å². The molecule has 0 bridgehead atoms. The van der Waals surface area contributed by atoms with Gasteiger partial charge >= 0.3 is 22.3 Å². The lowest BCUT2D eigenvalue weighted by atomic mass is 10.4. The summed E-state index contributed by atoms with van der Waals surface area (Å²) in [5.74, 6) is -1.73. The van der Waals surface area contributed by atoms with Gasteiger partial charge in [-0.2, -0.15) is 8.42 Å². The quantitative estimate of drug-likeness (QED) is 0.504. The van der Waals surface area contributed by atoms with Gasteiger partial charge in [0.2, 0.25) is 0 Å². The molecule has 0 aliphatic carbocycles. The van der Waals surface area contributed by atoms with Gasteiger partial charge in [0.25, 0.3) is 0 Å². The molecule has 0 atom stereocenters. The van der Waals surface area contributed by atoms with E-state index in [1.54, 1.807) is 0 Å². The maximum Gasteiger partial charge on any atom is 0.394 e. The summed E-state index contributed by atoms with van der Waals surface area (Å²) in [6, 6.07) is 1.32. The van der Waals surface area contributed by atoms with Crippen molar-refractivity contribution in [3.8, 4) is 5.75 Å². The number of hydrogen-bond acceptors (Lipinski definition) is 6. The molecular formula is C8H9NO8S. The molecule has 9 nitrogen and oxygen atoms in total. The Labute approximate surface area is 102 Å². The lowest BCUT2D eigenvalue weighted by molar-refractivity contribution is -0.131. The van der Waals surface area contributed by atoms with Crippen LogP contribution in [0.1, 0.15) is 17.3 Å². The summed E-state index contributed by atoms with van der Waals surface area (Å²) in [7, 11) is -4.67. The molecule has 0 unspecified atom stereocenters. The van der Waals surface area contributed by atoms with Gasteiger partial charge < -0.3 is 9.84 Å². The summed E-state index contributed by atoms with van der Waals surface area (Å²) in [5, 5.41) is 8.65. The van der Waals surface area contributed by atoms with Gasteiger partial charge in [-0.05, 0) is 0 Å². The highest BCUT2D eigenvalue weighted by Crippen LogP contribution is 2.16. The maximum absolute atomic E-state index is 10.6. The van der Waals surface area contributed by atoms with Crippen LogP contribution in [0.15, 0.2) is 18.5 Å². The lowest BCUT2D eigenvalue weighted by Crippen LogP contribution is -2.07. The van der Waals surface area contributed by atoms with Gasteiger partial charge in [-0.25, -0.2) is 4.79 Å². The van der Waals surface area contributed by atoms with Crippen LogP contribution in [0.3, 0.4) is 0 Å². The highest BCUT2D eigenvalue weighted by atomic mass is 32.3. The average molecular weight is 281 g/mol. The van der Waals surface area contributed by atoms with E-state index in [0.29, 0.717) is 0 Å². The zero-order valence-electron chi connectivity index (χ0n) is 8.97. The van der Waals surface area contributed by atoms with E-state index >= 15 is 0 Å². The van der Waals surface area contributed by atoms with Crippen molar-refractivity contribution in [2.45, 2.75) is 6.92 Å². The van der Waals surface area contributed by atoms with Gasteiger partial charge in [0.05, 0.1) is 0 Å². The number of carboxylic acid groups (broad SMARTS) is 1. The average Bonchev–Trinajstić information content (AvgIpc) is 2.14. The Balaban J connectivity index is 0.000000494. The van der Waals surface area contributed by atoms with E-state index in [4.69, 9.17) is 22.6 Å². The van der Waals surface area contributed by atoms with Crippen molar-refractivity contribution in [3.63, 3.8) is 0 Å². The van der Waals surface area contributed by atoms with Gasteiger partial charge in [0, 0.05) is 25.4 Å². The molecule has 0 saturated carbocycles. The molecule has 3 N–H and O–H groups in total. The van der Waals surface area contributed by atoms with Crippen LogP contribution in [-0.4, -0.2) is 39.6 Å². The summed E-state index contributed by atoms with van der Waals surface area (Å²) < 4.78 is 36.2. The fourth-order valence-corrected chi connectivity index (χ4v) is 0.786. The minimum absolute atomic E-state index is 0.00926. The molecule has 0 spiro atoms. The molecule has 1 aromatic rings. The Bertz CT molecular complexity index is 530. The number of carbonyl (C=O) groups excluding carboxylic acids is 1. The normalized spacial score (nSPS) is 9.94. The van der Waals surface area contributed by atoms with Gasteiger partial charge in [-0.1, -0.05) is 0 Å². The molecule has 0 fully saturated rings. The van der Waals surface area contributed by atoms with Crippen LogP contribution in [0.5, 0.6) is 5.75 Å². The Kier molecular flexibility index (Phi) is 5.88. The van der Waals surface area contributed by atoms with E-state index in [1.807, 2.05) is 0 Å². The van der Waals surface area contributed by atoms with Crippen LogP contribution in [0.2, 0.25) is 0 Å². The summed E-state index contributed by atoms with van der Waals surface area (Å²) in [4.78, 5) is 24.7. The topological polar surface area (TPSA) is 151 Å². The maximum atomic E-state index is 10.6. The smallest absolute Gasteiger partial charge is 0.394 e. The van der Waals surface area contributed by atoms with Crippen molar-refractivity contribution in [1.29, 1.82) is 0 Å². The fraction of sp³-hybridized carbons (Fsp3) is 0.125. The Morgan fingerprint density at radius 3 is 2.33 bits per heavy atom. The largest absolute Gasteiger partial charge is 0.477 e. The van der Waals surface area contributed by atoms with E-state index in [-0.39, 0.29) is 11.3 Å². The molecule has 100 valence electrons. The number of aromatic nitrogens is 1. The molecule has 0 saturated heterocycles. The van der Waals surface area contributed by atoms with Crippen molar-refractivity contribution in [2.75, 3.05) is 0 Å². The minimum atomic E-state index is -4.67. The molecule has 1 heterocycles. The molecule has 18 heavy (non-hydrogen) atoms. The molecule has 1 rings (SSSR count). The van der Waals surface area contributed by atoms with E-state index in [2.05, 4.69) is 9.72 Å². The zero-order valence-corrected chi connectivity index (χ0v) is 9.79. The summed E-state index contributed by atoms with van der Waals surface area (Å²) in [6.45, 7) is 1.20. The molecule has 0 aliphatic rings. The first-order valence-corrected chi connectivity index (χ1v) is 5.56. The number of rotatable bonds is 2. The van der Waals surface area contributed by atoms with E-state index in [1.165, 1.54) is 19.2 Å². The van der Waals surface area contributed by atoms with Crippen LogP contribution in [0.4, 0.5) is 0 Å². The van der Waals surface area contributed by atoms with Crippen LogP contribution < -0.4 is 4.74 Å². The predicted octanol–water partition coefficient (Wildman–Crippen LogP) is 0.0523. The molecule has 10 heteroatoms. The van der Waals surface area contributed by atoms with Crippen molar-refractivity contribution < 1.29 is 37.0 Å². The standard InChI is InChI=1S/C8H7NO4.H2O4S/c1-5(10)13-7-2-3-9-4-6(7)8(11)12;1-5(2,3)4/h2-4H,1H3,(H,11,12);(H2,1,2,3,4)/i8+2;. The first-order chi connectivity index (χ1) is 8.11. The summed E-state index contributed by atoms with van der Waals surface area (Å²) >= 11 is 0. The number of ether oxygens (including phenoxy) is 1. The highest BCUT2D eigenvalue weighted by molar-refractivity contribution is 7.79. The Hall–Kier alpha value is -2.04. The van der Waals surface area contributed by atoms with Crippen molar-refractivity contribution in [1.82, 2.24) is 4.98 Å². The number of hydrogen-bond donors (Lipinski definition) is 3. The number of nitrogens with zero attached hydrogens (tertiary/aromatic N) is 1. The molecular weight excluding hydrogens is 272 g/mol. The number of pyridine rings is 1. The molecule has 0 aromatic carbocycles. The third kappa shape index (κ3) is 8.15. The zero-order chi connectivity index (χ0) is 14.3. The van der Waals surface area contributed by atoms with Crippen molar-refractivity contribution >= 4 is 22.3 Å². The lowest BCUT2D eigenvalue weighted by Gasteiger charge is -2.03. The third-order valence-corrected chi connectivity index (χ3v) is 1.27. The second-order valence-corrected chi connectivity index (χ2v) is 3.61. The number of esters is 1. The van der Waals surface area contributed by atoms with E-state index in [9.17, 15) is 9.59 Å². The summed E-state index contributed by atoms with van der Waals surface area (Å²) in [6.07, 6.45) is 2.48. The SMILES string of the molecule is CC(=O)Oc1ccncc1[14C](=O)O.O=S(=O)(O)O. The van der Waals surface area contributed by atoms with E-state index < -0.39 is 22.3 Å². The first kappa shape index (κ1) is 16.0. The third-order valence-electron chi connectivity index (χ3n) is 1.27. The Morgan fingerprint density at radius 2 is 1.94 bits per heavy atom. The van der Waals surface area contributed by atoms with Crippen LogP contribution in [0, 0.1) is 0 Å².